The van der Waals surface area contributed by atoms with Gasteiger partial charge < -0.3 is 10.1 Å². The number of ether oxygens (including phenoxy) is 1. The zero-order valence-electron chi connectivity index (χ0n) is 14.3. The number of nitrogens with one attached hydrogen (secondary N) is 1. The van der Waals surface area contributed by atoms with Crippen LogP contribution in [0.25, 0.3) is 0 Å². The van der Waals surface area contributed by atoms with Gasteiger partial charge in [-0.3, -0.25) is 0 Å². The molecule has 3 rings (SSSR count). The van der Waals surface area contributed by atoms with E-state index in [4.69, 9.17) is 4.74 Å². The third-order valence-electron chi connectivity index (χ3n) is 6.77. The Hall–Kier alpha value is -0.0800. The smallest absolute Gasteiger partial charge is 0.0661 e. The van der Waals surface area contributed by atoms with Crippen LogP contribution in [0.5, 0.6) is 0 Å². The minimum atomic E-state index is 0.485. The Morgan fingerprint density at radius 2 is 1.57 bits per heavy atom. The first-order valence-electron chi connectivity index (χ1n) is 9.54. The van der Waals surface area contributed by atoms with Gasteiger partial charge in [0.15, 0.2) is 0 Å². The second-order valence-electron chi connectivity index (χ2n) is 8.28. The molecule has 3 aliphatic rings. The molecule has 0 aliphatic heterocycles. The van der Waals surface area contributed by atoms with E-state index in [1.165, 1.54) is 77.2 Å². The molecule has 0 amide bonds. The Balaban J connectivity index is 1.57. The van der Waals surface area contributed by atoms with Gasteiger partial charge in [-0.05, 0) is 44.4 Å². The van der Waals surface area contributed by atoms with Gasteiger partial charge in [-0.15, -0.1) is 0 Å². The molecule has 0 heterocycles. The molecule has 0 aromatic heterocycles. The normalized spacial score (nSPS) is 34.6. The van der Waals surface area contributed by atoms with Gasteiger partial charge in [-0.2, -0.15) is 0 Å². The van der Waals surface area contributed by atoms with E-state index in [9.17, 15) is 0 Å². The Labute approximate surface area is 131 Å². The summed E-state index contributed by atoms with van der Waals surface area (Å²) in [5, 5.41) is 4.00. The van der Waals surface area contributed by atoms with Crippen molar-refractivity contribution >= 4 is 0 Å². The summed E-state index contributed by atoms with van der Waals surface area (Å²) in [5.41, 5.74) is 1.05. The Morgan fingerprint density at radius 1 is 0.952 bits per heavy atom. The zero-order valence-corrected chi connectivity index (χ0v) is 14.3. The fraction of sp³-hybridized carbons (Fsp3) is 1.00. The molecule has 1 spiro atoms. The van der Waals surface area contributed by atoms with E-state index < -0.39 is 0 Å². The van der Waals surface area contributed by atoms with Crippen molar-refractivity contribution in [3.8, 4) is 0 Å². The highest BCUT2D eigenvalue weighted by molar-refractivity contribution is 5.09. The fourth-order valence-corrected chi connectivity index (χ4v) is 5.30. The molecule has 2 heteroatoms. The summed E-state index contributed by atoms with van der Waals surface area (Å²) in [7, 11) is 0. The van der Waals surface area contributed by atoms with Crippen LogP contribution in [0.4, 0.5) is 0 Å². The number of rotatable bonds is 5. The maximum Gasteiger partial charge on any atom is 0.0661 e. The molecule has 3 fully saturated rings. The first kappa shape index (κ1) is 15.8. The van der Waals surface area contributed by atoms with Gasteiger partial charge >= 0.3 is 0 Å². The lowest BCUT2D eigenvalue weighted by molar-refractivity contribution is -0.151. The topological polar surface area (TPSA) is 21.3 Å². The molecule has 3 saturated carbocycles. The number of hydrogen-bond donors (Lipinski definition) is 1. The maximum absolute atomic E-state index is 6.08. The molecular formula is C19H35NO. The summed E-state index contributed by atoms with van der Waals surface area (Å²) in [6.45, 7) is 6.78. The van der Waals surface area contributed by atoms with Crippen molar-refractivity contribution in [2.45, 2.75) is 96.6 Å². The molecule has 122 valence electrons. The van der Waals surface area contributed by atoms with Crippen molar-refractivity contribution in [2.24, 2.45) is 10.8 Å². The van der Waals surface area contributed by atoms with E-state index in [0.29, 0.717) is 16.9 Å². The van der Waals surface area contributed by atoms with E-state index in [-0.39, 0.29) is 0 Å². The summed E-state index contributed by atoms with van der Waals surface area (Å²) >= 11 is 0. The SMILES string of the molecule is CCOC1CC(NCC2(C)CCCCC2)C12CCCCC2. The predicted octanol–water partition coefficient (Wildman–Crippen LogP) is 4.67. The van der Waals surface area contributed by atoms with Crippen molar-refractivity contribution in [2.75, 3.05) is 13.2 Å². The lowest BCUT2D eigenvalue weighted by Crippen LogP contribution is -2.65. The fourth-order valence-electron chi connectivity index (χ4n) is 5.30. The van der Waals surface area contributed by atoms with Crippen LogP contribution < -0.4 is 5.32 Å². The summed E-state index contributed by atoms with van der Waals surface area (Å²) in [6.07, 6.45) is 16.0. The Bertz CT molecular complexity index is 328. The zero-order chi connectivity index (χ0) is 14.8. The van der Waals surface area contributed by atoms with Gasteiger partial charge in [0.1, 0.15) is 0 Å². The Morgan fingerprint density at radius 3 is 2.19 bits per heavy atom. The highest BCUT2D eigenvalue weighted by Gasteiger charge is 2.55. The van der Waals surface area contributed by atoms with Crippen LogP contribution in [0.2, 0.25) is 0 Å². The molecular weight excluding hydrogens is 258 g/mol. The van der Waals surface area contributed by atoms with Crippen molar-refractivity contribution in [1.82, 2.24) is 5.32 Å². The van der Waals surface area contributed by atoms with Gasteiger partial charge in [0, 0.05) is 24.6 Å². The summed E-state index contributed by atoms with van der Waals surface area (Å²) in [4.78, 5) is 0. The molecule has 21 heavy (non-hydrogen) atoms. The minimum absolute atomic E-state index is 0.485. The molecule has 2 unspecified atom stereocenters. The molecule has 2 atom stereocenters. The van der Waals surface area contributed by atoms with Crippen molar-refractivity contribution < 1.29 is 4.74 Å². The first-order valence-corrected chi connectivity index (χ1v) is 9.54. The molecule has 0 saturated heterocycles. The van der Waals surface area contributed by atoms with Crippen molar-refractivity contribution in [3.05, 3.63) is 0 Å². The Kier molecular flexibility index (Phi) is 4.95. The standard InChI is InChI=1S/C19H35NO/c1-3-21-17-14-16(19(17)12-8-5-9-13-19)20-15-18(2)10-6-4-7-11-18/h16-17,20H,3-15H2,1-2H3. The van der Waals surface area contributed by atoms with Gasteiger partial charge in [0.2, 0.25) is 0 Å². The van der Waals surface area contributed by atoms with Crippen LogP contribution >= 0.6 is 0 Å². The van der Waals surface area contributed by atoms with Crippen LogP contribution in [0.1, 0.15) is 84.5 Å². The van der Waals surface area contributed by atoms with Crippen LogP contribution in [0, 0.1) is 10.8 Å². The van der Waals surface area contributed by atoms with E-state index in [2.05, 4.69) is 19.2 Å². The summed E-state index contributed by atoms with van der Waals surface area (Å²) < 4.78 is 6.08. The molecule has 2 nitrogen and oxygen atoms in total. The molecule has 0 aromatic carbocycles. The van der Waals surface area contributed by atoms with Crippen LogP contribution in [0.3, 0.4) is 0 Å². The molecule has 3 aliphatic carbocycles. The highest BCUT2D eigenvalue weighted by atomic mass is 16.5. The van der Waals surface area contributed by atoms with Crippen molar-refractivity contribution in [3.63, 3.8) is 0 Å². The third kappa shape index (κ3) is 3.17. The first-order chi connectivity index (χ1) is 10.2. The van der Waals surface area contributed by atoms with Gasteiger partial charge in [0.25, 0.3) is 0 Å². The average Bonchev–Trinajstić information content (AvgIpc) is 2.51. The largest absolute Gasteiger partial charge is 0.378 e. The lowest BCUT2D eigenvalue weighted by Gasteiger charge is -2.58. The third-order valence-corrected chi connectivity index (χ3v) is 6.77. The van der Waals surface area contributed by atoms with E-state index in [1.54, 1.807) is 0 Å². The summed E-state index contributed by atoms with van der Waals surface area (Å²) in [6, 6.07) is 0.730. The minimum Gasteiger partial charge on any atom is -0.378 e. The van der Waals surface area contributed by atoms with Gasteiger partial charge in [-0.1, -0.05) is 45.4 Å². The molecule has 0 aromatic rings. The predicted molar refractivity (Wildman–Crippen MR) is 88.5 cm³/mol. The highest BCUT2D eigenvalue weighted by Crippen LogP contribution is 2.53. The maximum atomic E-state index is 6.08. The molecule has 0 radical (unpaired) electrons. The van der Waals surface area contributed by atoms with E-state index in [1.807, 2.05) is 0 Å². The van der Waals surface area contributed by atoms with Crippen LogP contribution in [-0.2, 0) is 4.74 Å². The van der Waals surface area contributed by atoms with Crippen LogP contribution in [0.15, 0.2) is 0 Å². The van der Waals surface area contributed by atoms with Crippen molar-refractivity contribution in [1.29, 1.82) is 0 Å². The average molecular weight is 293 g/mol. The lowest BCUT2D eigenvalue weighted by atomic mass is 9.55. The molecule has 0 bridgehead atoms. The monoisotopic (exact) mass is 293 g/mol. The molecule has 1 N–H and O–H groups in total. The van der Waals surface area contributed by atoms with E-state index in [0.717, 1.165) is 12.6 Å². The number of hydrogen-bond acceptors (Lipinski definition) is 2. The van der Waals surface area contributed by atoms with Gasteiger partial charge in [0.05, 0.1) is 6.10 Å². The van der Waals surface area contributed by atoms with Crippen LogP contribution in [-0.4, -0.2) is 25.3 Å². The van der Waals surface area contributed by atoms with Gasteiger partial charge in [-0.25, -0.2) is 0 Å². The second-order valence-corrected chi connectivity index (χ2v) is 8.28. The quantitative estimate of drug-likeness (QED) is 0.795. The van der Waals surface area contributed by atoms with E-state index >= 15 is 0 Å². The second kappa shape index (κ2) is 6.58. The summed E-state index contributed by atoms with van der Waals surface area (Å²) in [5.74, 6) is 0.